The molecule has 0 spiro atoms. The van der Waals surface area contributed by atoms with Gasteiger partial charge < -0.3 is 4.79 Å². The van der Waals surface area contributed by atoms with Crippen molar-refractivity contribution in [1.29, 1.82) is 0 Å². The maximum atomic E-state index is 8.93. The van der Waals surface area contributed by atoms with Crippen LogP contribution in [0.2, 0.25) is 0 Å². The van der Waals surface area contributed by atoms with Gasteiger partial charge in [-0.3, -0.25) is 0 Å². The smallest absolute Gasteiger partial charge is 0 e. The maximum Gasteiger partial charge on any atom is 0 e. The monoisotopic (exact) mass is 205 g/mol. The number of allylic oxidation sites excluding steroid dienone is 1. The van der Waals surface area contributed by atoms with Gasteiger partial charge in [0.1, 0.15) is 0 Å². The summed E-state index contributed by atoms with van der Waals surface area (Å²) in [6.07, 6.45) is 2.51. The Labute approximate surface area is 62.2 Å². The molecule has 0 radical (unpaired) electrons. The normalized spacial score (nSPS) is 3.33. The van der Waals surface area contributed by atoms with Gasteiger partial charge in [-0.25, -0.2) is 12.7 Å². The van der Waals surface area contributed by atoms with E-state index in [1.54, 1.807) is 0 Å². The van der Waals surface area contributed by atoms with Gasteiger partial charge in [0.25, 0.3) is 0 Å². The fourth-order valence-corrected chi connectivity index (χ4v) is 0. The molecule has 0 aromatic heterocycles. The zero-order valence-electron chi connectivity index (χ0n) is 3.01. The third kappa shape index (κ3) is 23.0. The average Bonchev–Trinajstić information content (AvgIpc) is 1.37. The van der Waals surface area contributed by atoms with Crippen molar-refractivity contribution in [3.05, 3.63) is 12.7 Å². The fourth-order valence-electron chi connectivity index (χ4n) is 0. The van der Waals surface area contributed by atoms with Crippen LogP contribution >= 0.6 is 0 Å². The third-order valence-electron chi connectivity index (χ3n) is 0.0833. The molecule has 1 nitrogen and oxygen atoms in total. The van der Waals surface area contributed by atoms with E-state index in [0.29, 0.717) is 0 Å². The zero-order chi connectivity index (χ0) is 3.41. The largest absolute Gasteiger partial charge is 0.419 e. The van der Waals surface area contributed by atoms with Crippen LogP contribution in [0.25, 0.3) is 0 Å². The van der Waals surface area contributed by atoms with E-state index in [1.807, 2.05) is 0 Å². The molecule has 0 aliphatic heterocycles. The van der Waals surface area contributed by atoms with Gasteiger partial charge in [-0.15, -0.1) is 0 Å². The van der Waals surface area contributed by atoms with Gasteiger partial charge in [-0.1, -0.05) is 0 Å². The first-order chi connectivity index (χ1) is 1.91. The van der Waals surface area contributed by atoms with Crippen LogP contribution in [0.5, 0.6) is 0 Å². The minimum atomic E-state index is 0. The first-order valence-corrected chi connectivity index (χ1v) is 0.901. The molecule has 0 fully saturated rings. The van der Waals surface area contributed by atoms with Gasteiger partial charge >= 0.3 is 0 Å². The molecular formula is C3H3CrMoO-. The van der Waals surface area contributed by atoms with E-state index in [2.05, 4.69) is 6.58 Å². The number of hydrogen-bond acceptors (Lipinski definition) is 1. The summed E-state index contributed by atoms with van der Waals surface area (Å²) in [4.78, 5) is 8.93. The number of carbonyl (C=O) groups excluding carboxylic acids is 1. The van der Waals surface area contributed by atoms with Crippen molar-refractivity contribution in [3.8, 4) is 0 Å². The van der Waals surface area contributed by atoms with Crippen molar-refractivity contribution in [2.45, 2.75) is 0 Å². The molecule has 3 heteroatoms. The summed E-state index contributed by atoms with van der Waals surface area (Å²) in [5, 5.41) is 0. The zero-order valence-corrected chi connectivity index (χ0v) is 6.29. The first kappa shape index (κ1) is 15.9. The van der Waals surface area contributed by atoms with Crippen molar-refractivity contribution in [1.82, 2.24) is 0 Å². The quantitative estimate of drug-likeness (QED) is 0.339. The molecule has 6 heavy (non-hydrogen) atoms. The molecule has 0 rings (SSSR count). The van der Waals surface area contributed by atoms with Crippen molar-refractivity contribution < 1.29 is 43.2 Å². The van der Waals surface area contributed by atoms with Crippen LogP contribution in [0, 0.1) is 0 Å². The Kier molecular flexibility index (Phi) is 46.4. The van der Waals surface area contributed by atoms with E-state index in [-0.39, 0.29) is 38.4 Å². The fraction of sp³-hybridized carbons (Fsp3) is 0. The third-order valence-corrected chi connectivity index (χ3v) is 0.0833. The van der Waals surface area contributed by atoms with Gasteiger partial charge in [0.2, 0.25) is 0 Å². The van der Waals surface area contributed by atoms with Crippen LogP contribution in [0.4, 0.5) is 0 Å². The number of rotatable bonds is 1. The van der Waals surface area contributed by atoms with Crippen molar-refractivity contribution in [2.75, 3.05) is 0 Å². The van der Waals surface area contributed by atoms with Crippen LogP contribution in [0.3, 0.4) is 0 Å². The van der Waals surface area contributed by atoms with E-state index in [0.717, 1.165) is 6.08 Å². The van der Waals surface area contributed by atoms with Crippen LogP contribution in [-0.2, 0) is 43.2 Å². The van der Waals surface area contributed by atoms with Crippen LogP contribution < -0.4 is 0 Å². The second-order valence-electron chi connectivity index (χ2n) is 0.322. The van der Waals surface area contributed by atoms with E-state index < -0.39 is 0 Å². The summed E-state index contributed by atoms with van der Waals surface area (Å²) < 4.78 is 0. The van der Waals surface area contributed by atoms with Crippen LogP contribution in [0.1, 0.15) is 0 Å². The Morgan fingerprint density at radius 3 is 1.83 bits per heavy atom. The molecule has 0 atom stereocenters. The summed E-state index contributed by atoms with van der Waals surface area (Å²) in [7, 11) is 0. The standard InChI is InChI=1S/C3H3O.Cr.Mo/c1-2-3-4;;/h2H,1H2;;/q-1;;. The van der Waals surface area contributed by atoms with Gasteiger partial charge in [-0.2, -0.15) is 0 Å². The molecule has 0 aromatic rings. The molecule has 0 heterocycles. The first-order valence-electron chi connectivity index (χ1n) is 0.901. The Balaban J connectivity index is -0.0000000450. The summed E-state index contributed by atoms with van der Waals surface area (Å²) >= 11 is 0. The predicted molar refractivity (Wildman–Crippen MR) is 15.9 cm³/mol. The van der Waals surface area contributed by atoms with Crippen molar-refractivity contribution in [3.63, 3.8) is 0 Å². The van der Waals surface area contributed by atoms with Crippen LogP contribution in [-0.4, -0.2) is 6.29 Å². The molecule has 0 amide bonds. The van der Waals surface area contributed by atoms with Gasteiger partial charge in [0.15, 0.2) is 0 Å². The Hall–Kier alpha value is 0.631. The Bertz CT molecular complexity index is 31.8. The molecule has 34 valence electrons. The Morgan fingerprint density at radius 1 is 1.67 bits per heavy atom. The van der Waals surface area contributed by atoms with E-state index in [1.165, 1.54) is 6.29 Å². The van der Waals surface area contributed by atoms with E-state index in [9.17, 15) is 0 Å². The average molecular weight is 203 g/mol. The Morgan fingerprint density at radius 2 is 1.83 bits per heavy atom. The SMILES string of the molecule is C=C[C-]=O.[Cr].[Mo]. The second kappa shape index (κ2) is 17.4. The van der Waals surface area contributed by atoms with Crippen LogP contribution in [0.15, 0.2) is 12.7 Å². The van der Waals surface area contributed by atoms with E-state index >= 15 is 0 Å². The maximum absolute atomic E-state index is 8.93. The minimum absolute atomic E-state index is 0. The molecule has 0 aliphatic rings. The molecule has 0 aromatic carbocycles. The van der Waals surface area contributed by atoms with Gasteiger partial charge in [0.05, 0.1) is 0 Å². The second-order valence-corrected chi connectivity index (χ2v) is 0.322. The molecule has 0 saturated carbocycles. The molecule has 0 N–H and O–H groups in total. The molecule has 0 saturated heterocycles. The molecule has 0 aliphatic carbocycles. The van der Waals surface area contributed by atoms with Gasteiger partial charge in [0, 0.05) is 38.4 Å². The molecule has 0 bridgehead atoms. The molecular weight excluding hydrogens is 200 g/mol. The molecule has 0 unspecified atom stereocenters. The van der Waals surface area contributed by atoms with E-state index in [4.69, 9.17) is 4.79 Å². The van der Waals surface area contributed by atoms with Crippen molar-refractivity contribution in [2.24, 2.45) is 0 Å². The summed E-state index contributed by atoms with van der Waals surface area (Å²) in [6.45, 7) is 3.06. The summed E-state index contributed by atoms with van der Waals surface area (Å²) in [5.41, 5.74) is 0. The van der Waals surface area contributed by atoms with Crippen molar-refractivity contribution >= 4 is 6.29 Å². The predicted octanol–water partition coefficient (Wildman–Crippen LogP) is 0.277. The van der Waals surface area contributed by atoms with Gasteiger partial charge in [-0.05, 0) is 6.29 Å². The summed E-state index contributed by atoms with van der Waals surface area (Å²) in [5.74, 6) is 0. The minimum Gasteiger partial charge on any atom is -0.419 e. The summed E-state index contributed by atoms with van der Waals surface area (Å²) in [6, 6.07) is 0. The topological polar surface area (TPSA) is 17.1 Å². The number of hydrogen-bond donors (Lipinski definition) is 0.